The second-order valence-corrected chi connectivity index (χ2v) is 7.09. The average molecular weight is 395 g/mol. The number of rotatable bonds is 10. The Labute approximate surface area is 165 Å². The molecule has 0 aliphatic carbocycles. The van der Waals surface area contributed by atoms with Gasteiger partial charge in [-0.3, -0.25) is 4.79 Å². The first kappa shape index (κ1) is 23.6. The summed E-state index contributed by atoms with van der Waals surface area (Å²) in [6.07, 6.45) is 0.213. The number of ether oxygens (including phenoxy) is 4. The van der Waals surface area contributed by atoms with Gasteiger partial charge < -0.3 is 24.3 Å². The lowest BCUT2D eigenvalue weighted by molar-refractivity contribution is -0.145. The van der Waals surface area contributed by atoms with E-state index in [0.29, 0.717) is 12.2 Å². The van der Waals surface area contributed by atoms with E-state index in [1.807, 2.05) is 0 Å². The molecule has 8 heteroatoms. The molecule has 1 atom stereocenters. The molecule has 1 N–H and O–H groups in total. The Hall–Kier alpha value is -2.45. The number of hydrogen-bond acceptors (Lipinski definition) is 7. The molecule has 1 rings (SSSR count). The van der Waals surface area contributed by atoms with Crippen molar-refractivity contribution in [3.63, 3.8) is 0 Å². The first-order valence-corrected chi connectivity index (χ1v) is 8.92. The molecule has 0 unspecified atom stereocenters. The second-order valence-electron chi connectivity index (χ2n) is 7.09. The van der Waals surface area contributed by atoms with Gasteiger partial charge in [-0.2, -0.15) is 0 Å². The highest BCUT2D eigenvalue weighted by atomic mass is 16.6. The van der Waals surface area contributed by atoms with Crippen LogP contribution in [-0.4, -0.2) is 63.5 Å². The van der Waals surface area contributed by atoms with Crippen LogP contribution in [0.3, 0.4) is 0 Å². The van der Waals surface area contributed by atoms with E-state index in [0.717, 1.165) is 5.56 Å². The molecule has 1 aromatic rings. The third kappa shape index (κ3) is 8.96. The summed E-state index contributed by atoms with van der Waals surface area (Å²) in [7, 11) is 2.78. The average Bonchev–Trinajstić information content (AvgIpc) is 2.63. The summed E-state index contributed by atoms with van der Waals surface area (Å²) in [5.74, 6) is -1.43. The Balaban J connectivity index is 2.70. The highest BCUT2D eigenvalue weighted by Gasteiger charge is 2.23. The van der Waals surface area contributed by atoms with Crippen molar-refractivity contribution in [2.75, 3.05) is 34.0 Å². The van der Waals surface area contributed by atoms with Crippen LogP contribution in [0, 0.1) is 0 Å². The molecule has 1 aromatic carbocycles. The lowest BCUT2D eigenvalue weighted by atomic mass is 10.0. The van der Waals surface area contributed by atoms with Gasteiger partial charge in [0, 0.05) is 13.5 Å². The van der Waals surface area contributed by atoms with Gasteiger partial charge >= 0.3 is 11.9 Å². The van der Waals surface area contributed by atoms with Crippen LogP contribution in [0.1, 0.15) is 36.7 Å². The van der Waals surface area contributed by atoms with Crippen molar-refractivity contribution in [3.05, 3.63) is 35.4 Å². The molecule has 0 heterocycles. The lowest BCUT2D eigenvalue weighted by Gasteiger charge is -2.20. The Bertz CT molecular complexity index is 650. The predicted molar refractivity (Wildman–Crippen MR) is 102 cm³/mol. The number of amides is 1. The number of carbonyl (C=O) groups excluding carboxylic acids is 3. The van der Waals surface area contributed by atoms with E-state index < -0.39 is 29.5 Å². The van der Waals surface area contributed by atoms with Crippen LogP contribution in [0.25, 0.3) is 0 Å². The Morgan fingerprint density at radius 1 is 1.04 bits per heavy atom. The van der Waals surface area contributed by atoms with E-state index in [1.165, 1.54) is 14.2 Å². The summed E-state index contributed by atoms with van der Waals surface area (Å²) in [4.78, 5) is 36.0. The molecule has 156 valence electrons. The van der Waals surface area contributed by atoms with Crippen molar-refractivity contribution in [3.8, 4) is 0 Å². The van der Waals surface area contributed by atoms with Gasteiger partial charge in [-0.1, -0.05) is 12.1 Å². The van der Waals surface area contributed by atoms with Gasteiger partial charge in [0.15, 0.2) is 0 Å². The number of carbonyl (C=O) groups is 3. The molecule has 0 aliphatic heterocycles. The normalized spacial score (nSPS) is 12.2. The number of methoxy groups -OCH3 is 2. The zero-order valence-electron chi connectivity index (χ0n) is 17.1. The molecule has 28 heavy (non-hydrogen) atoms. The highest BCUT2D eigenvalue weighted by molar-refractivity contribution is 5.89. The van der Waals surface area contributed by atoms with Gasteiger partial charge in [-0.25, -0.2) is 9.59 Å². The minimum Gasteiger partial charge on any atom is -0.467 e. The number of hydrogen-bond donors (Lipinski definition) is 1. The molecule has 0 aliphatic rings. The fraction of sp³-hybridized carbons (Fsp3) is 0.550. The predicted octanol–water partition coefficient (Wildman–Crippen LogP) is 1.51. The van der Waals surface area contributed by atoms with Gasteiger partial charge in [0.2, 0.25) is 5.91 Å². The quantitative estimate of drug-likeness (QED) is 0.473. The molecular formula is C20H29NO7. The standard InChI is InChI=1S/C20H29NO7/c1-20(2,3)28-18(23)15-8-6-14(7-9-15)12-16(19(24)26-5)21-17(22)13-27-11-10-25-4/h6-9,16H,10-13H2,1-5H3,(H,21,22)/t16-/m0/s1. The van der Waals surface area contributed by atoms with Crippen LogP contribution >= 0.6 is 0 Å². The van der Waals surface area contributed by atoms with E-state index in [9.17, 15) is 14.4 Å². The molecule has 0 saturated carbocycles. The monoisotopic (exact) mass is 395 g/mol. The van der Waals surface area contributed by atoms with Crippen LogP contribution in [0.2, 0.25) is 0 Å². The third-order valence-electron chi connectivity index (χ3n) is 3.51. The molecule has 0 aromatic heterocycles. The molecular weight excluding hydrogens is 366 g/mol. The lowest BCUT2D eigenvalue weighted by Crippen LogP contribution is -2.44. The maximum atomic E-state index is 12.1. The van der Waals surface area contributed by atoms with Crippen molar-refractivity contribution < 1.29 is 33.3 Å². The largest absolute Gasteiger partial charge is 0.467 e. The summed E-state index contributed by atoms with van der Waals surface area (Å²) in [5, 5.41) is 2.59. The van der Waals surface area contributed by atoms with E-state index in [1.54, 1.807) is 45.0 Å². The zero-order chi connectivity index (χ0) is 21.2. The van der Waals surface area contributed by atoms with Crippen LogP contribution < -0.4 is 5.32 Å². The van der Waals surface area contributed by atoms with E-state index >= 15 is 0 Å². The van der Waals surface area contributed by atoms with Crippen molar-refractivity contribution in [2.24, 2.45) is 0 Å². The van der Waals surface area contributed by atoms with Gasteiger partial charge in [-0.05, 0) is 38.5 Å². The van der Waals surface area contributed by atoms with Crippen molar-refractivity contribution in [2.45, 2.75) is 38.8 Å². The SMILES string of the molecule is COCCOCC(=O)N[C@@H](Cc1ccc(C(=O)OC(C)(C)C)cc1)C(=O)OC. The van der Waals surface area contributed by atoms with Crippen molar-refractivity contribution in [1.82, 2.24) is 5.32 Å². The first-order chi connectivity index (χ1) is 13.2. The molecule has 0 radical (unpaired) electrons. The van der Waals surface area contributed by atoms with Crippen LogP contribution in [-0.2, 0) is 35.0 Å². The smallest absolute Gasteiger partial charge is 0.338 e. The van der Waals surface area contributed by atoms with Crippen LogP contribution in [0.15, 0.2) is 24.3 Å². The zero-order valence-corrected chi connectivity index (χ0v) is 17.1. The van der Waals surface area contributed by atoms with Crippen LogP contribution in [0.4, 0.5) is 0 Å². The molecule has 1 amide bonds. The Kier molecular flexibility index (Phi) is 9.61. The molecule has 8 nitrogen and oxygen atoms in total. The molecule has 0 fully saturated rings. The summed E-state index contributed by atoms with van der Waals surface area (Å²) in [5.41, 5.74) is 0.577. The molecule has 0 spiro atoms. The fourth-order valence-corrected chi connectivity index (χ4v) is 2.23. The van der Waals surface area contributed by atoms with Gasteiger partial charge in [0.1, 0.15) is 18.2 Å². The van der Waals surface area contributed by atoms with E-state index in [2.05, 4.69) is 5.32 Å². The topological polar surface area (TPSA) is 100 Å². The Morgan fingerprint density at radius 2 is 1.68 bits per heavy atom. The summed E-state index contributed by atoms with van der Waals surface area (Å²) in [6, 6.07) is 5.78. The first-order valence-electron chi connectivity index (χ1n) is 8.92. The minimum absolute atomic E-state index is 0.186. The Morgan fingerprint density at radius 3 is 2.21 bits per heavy atom. The van der Waals surface area contributed by atoms with E-state index in [-0.39, 0.29) is 19.6 Å². The maximum Gasteiger partial charge on any atom is 0.338 e. The van der Waals surface area contributed by atoms with Gasteiger partial charge in [-0.15, -0.1) is 0 Å². The fourth-order valence-electron chi connectivity index (χ4n) is 2.23. The summed E-state index contributed by atoms with van der Waals surface area (Å²) in [6.45, 7) is 5.84. The van der Waals surface area contributed by atoms with Crippen molar-refractivity contribution >= 4 is 17.8 Å². The molecule has 0 bridgehead atoms. The van der Waals surface area contributed by atoms with Crippen LogP contribution in [0.5, 0.6) is 0 Å². The van der Waals surface area contributed by atoms with Gasteiger partial charge in [0.25, 0.3) is 0 Å². The molecule has 0 saturated heterocycles. The number of esters is 2. The summed E-state index contributed by atoms with van der Waals surface area (Å²) >= 11 is 0. The van der Waals surface area contributed by atoms with Gasteiger partial charge in [0.05, 0.1) is 25.9 Å². The highest BCUT2D eigenvalue weighted by Crippen LogP contribution is 2.14. The number of benzene rings is 1. The number of nitrogens with one attached hydrogen (secondary N) is 1. The third-order valence-corrected chi connectivity index (χ3v) is 3.51. The minimum atomic E-state index is -0.865. The summed E-state index contributed by atoms with van der Waals surface area (Å²) < 4.78 is 20.0. The maximum absolute atomic E-state index is 12.1. The van der Waals surface area contributed by atoms with E-state index in [4.69, 9.17) is 18.9 Å². The van der Waals surface area contributed by atoms with Crippen molar-refractivity contribution in [1.29, 1.82) is 0 Å². The second kappa shape index (κ2) is 11.4.